The van der Waals surface area contributed by atoms with Crippen LogP contribution >= 0.6 is 0 Å². The summed E-state index contributed by atoms with van der Waals surface area (Å²) in [7, 11) is -4.14. The van der Waals surface area contributed by atoms with Gasteiger partial charge in [-0.15, -0.1) is 0 Å². The molecular weight excluding hydrogens is 216 g/mol. The van der Waals surface area contributed by atoms with Crippen LogP contribution in [0, 0.1) is 0 Å². The molecule has 84 valence electrons. The van der Waals surface area contributed by atoms with Gasteiger partial charge in [0.15, 0.2) is 0 Å². The summed E-state index contributed by atoms with van der Waals surface area (Å²) in [5, 5.41) is -1.07. The monoisotopic (exact) mass is 230 g/mol. The Morgan fingerprint density at radius 3 is 2.07 bits per heavy atom. The van der Waals surface area contributed by atoms with Gasteiger partial charge in [-0.3, -0.25) is 4.55 Å². The van der Waals surface area contributed by atoms with E-state index < -0.39 is 15.4 Å². The molecule has 0 radical (unpaired) electrons. The third kappa shape index (κ3) is 3.00. The third-order valence-corrected chi connectivity index (χ3v) is 3.34. The molecular formula is C9H14N2O3S. The molecule has 1 aromatic rings. The van der Waals surface area contributed by atoms with Gasteiger partial charge >= 0.3 is 0 Å². The maximum absolute atomic E-state index is 11.0. The second-order valence-corrected chi connectivity index (χ2v) is 4.78. The molecule has 0 bridgehead atoms. The van der Waals surface area contributed by atoms with Crippen molar-refractivity contribution in [2.75, 3.05) is 6.54 Å². The zero-order valence-corrected chi connectivity index (χ0v) is 8.94. The van der Waals surface area contributed by atoms with Gasteiger partial charge in [0.2, 0.25) is 0 Å². The van der Waals surface area contributed by atoms with Gasteiger partial charge in [-0.05, 0) is 11.1 Å². The topological polar surface area (TPSA) is 106 Å². The first-order valence-corrected chi connectivity index (χ1v) is 5.94. The largest absolute Gasteiger partial charge is 0.329 e. The molecule has 0 heterocycles. The van der Waals surface area contributed by atoms with Gasteiger partial charge in [-0.2, -0.15) is 8.42 Å². The number of hydrogen-bond donors (Lipinski definition) is 3. The summed E-state index contributed by atoms with van der Waals surface area (Å²) in [4.78, 5) is 0. The zero-order valence-electron chi connectivity index (χ0n) is 8.13. The van der Waals surface area contributed by atoms with Crippen LogP contribution in [0.15, 0.2) is 24.3 Å². The predicted molar refractivity (Wildman–Crippen MR) is 57.7 cm³/mol. The fourth-order valence-electron chi connectivity index (χ4n) is 1.30. The first-order valence-electron chi connectivity index (χ1n) is 4.44. The molecule has 0 saturated carbocycles. The van der Waals surface area contributed by atoms with Gasteiger partial charge in [0.1, 0.15) is 5.25 Å². The first kappa shape index (κ1) is 12.1. The Balaban J connectivity index is 3.04. The van der Waals surface area contributed by atoms with Crippen molar-refractivity contribution in [3.63, 3.8) is 0 Å². The van der Waals surface area contributed by atoms with E-state index in [1.807, 2.05) is 0 Å². The number of rotatable bonds is 4. The lowest BCUT2D eigenvalue weighted by Gasteiger charge is -2.11. The highest BCUT2D eigenvalue weighted by molar-refractivity contribution is 7.86. The van der Waals surface area contributed by atoms with Crippen LogP contribution in [-0.4, -0.2) is 19.5 Å². The van der Waals surface area contributed by atoms with Crippen molar-refractivity contribution in [1.82, 2.24) is 0 Å². The Bertz CT molecular complexity index is 413. The first-order chi connectivity index (χ1) is 6.99. The van der Waals surface area contributed by atoms with Crippen LogP contribution in [0.2, 0.25) is 0 Å². The molecule has 0 spiro atoms. The molecule has 5 N–H and O–H groups in total. The number of nitrogens with two attached hydrogens (primary N) is 2. The molecule has 6 heteroatoms. The minimum absolute atomic E-state index is 0.152. The zero-order chi connectivity index (χ0) is 11.5. The fraction of sp³-hybridized carbons (Fsp3) is 0.333. The van der Waals surface area contributed by atoms with Crippen molar-refractivity contribution in [3.8, 4) is 0 Å². The smallest absolute Gasteiger partial charge is 0.273 e. The van der Waals surface area contributed by atoms with Gasteiger partial charge in [0, 0.05) is 13.1 Å². The van der Waals surface area contributed by atoms with E-state index in [-0.39, 0.29) is 6.54 Å². The van der Waals surface area contributed by atoms with E-state index in [2.05, 4.69) is 0 Å². The van der Waals surface area contributed by atoms with Crippen molar-refractivity contribution in [3.05, 3.63) is 35.4 Å². The molecule has 1 atom stereocenters. The van der Waals surface area contributed by atoms with Crippen molar-refractivity contribution in [1.29, 1.82) is 0 Å². The quantitative estimate of drug-likeness (QED) is 0.633. The van der Waals surface area contributed by atoms with Crippen LogP contribution in [0.1, 0.15) is 16.4 Å². The van der Waals surface area contributed by atoms with Crippen LogP contribution < -0.4 is 11.5 Å². The highest BCUT2D eigenvalue weighted by atomic mass is 32.2. The molecule has 1 aromatic carbocycles. The average Bonchev–Trinajstić information content (AvgIpc) is 2.18. The maximum Gasteiger partial charge on any atom is 0.273 e. The van der Waals surface area contributed by atoms with Crippen molar-refractivity contribution >= 4 is 10.1 Å². The van der Waals surface area contributed by atoms with E-state index in [1.54, 1.807) is 24.3 Å². The highest BCUT2D eigenvalue weighted by Crippen LogP contribution is 2.20. The molecule has 0 aliphatic rings. The summed E-state index contributed by atoms with van der Waals surface area (Å²) in [6.45, 7) is 0.236. The van der Waals surface area contributed by atoms with Crippen molar-refractivity contribution < 1.29 is 13.0 Å². The van der Waals surface area contributed by atoms with Crippen LogP contribution in [0.5, 0.6) is 0 Å². The molecule has 5 nitrogen and oxygen atoms in total. The second kappa shape index (κ2) is 4.71. The standard InChI is InChI=1S/C9H14N2O3S/c10-5-7-1-3-8(4-2-7)9(6-11)15(12,13)14/h1-4,9H,5-6,10-11H2,(H,12,13,14). The van der Waals surface area contributed by atoms with Gasteiger partial charge in [-0.25, -0.2) is 0 Å². The molecule has 0 aromatic heterocycles. The molecule has 1 rings (SSSR count). The van der Waals surface area contributed by atoms with Crippen molar-refractivity contribution in [2.45, 2.75) is 11.8 Å². The number of benzene rings is 1. The fourth-order valence-corrected chi connectivity index (χ4v) is 2.04. The summed E-state index contributed by atoms with van der Waals surface area (Å²) in [6.07, 6.45) is 0. The summed E-state index contributed by atoms with van der Waals surface area (Å²) >= 11 is 0. The van der Waals surface area contributed by atoms with Gasteiger partial charge < -0.3 is 11.5 Å². The van der Waals surface area contributed by atoms with E-state index in [1.165, 1.54) is 0 Å². The van der Waals surface area contributed by atoms with E-state index in [4.69, 9.17) is 16.0 Å². The minimum atomic E-state index is -4.14. The van der Waals surface area contributed by atoms with Crippen LogP contribution in [0.3, 0.4) is 0 Å². The van der Waals surface area contributed by atoms with Gasteiger partial charge in [0.05, 0.1) is 0 Å². The molecule has 0 saturated heterocycles. The van der Waals surface area contributed by atoms with E-state index in [0.717, 1.165) is 5.56 Å². The van der Waals surface area contributed by atoms with E-state index in [0.29, 0.717) is 12.1 Å². The third-order valence-electron chi connectivity index (χ3n) is 2.16. The SMILES string of the molecule is NCc1ccc(C(CN)S(=O)(=O)O)cc1. The lowest BCUT2D eigenvalue weighted by molar-refractivity contribution is 0.469. The average molecular weight is 230 g/mol. The summed E-state index contributed by atoms with van der Waals surface area (Å²) in [5.41, 5.74) is 12.1. The van der Waals surface area contributed by atoms with Crippen LogP contribution in [-0.2, 0) is 16.7 Å². The lowest BCUT2D eigenvalue weighted by atomic mass is 10.1. The molecule has 0 aliphatic carbocycles. The minimum Gasteiger partial charge on any atom is -0.329 e. The second-order valence-electron chi connectivity index (χ2n) is 3.19. The Morgan fingerprint density at radius 2 is 1.73 bits per heavy atom. The van der Waals surface area contributed by atoms with Crippen LogP contribution in [0.4, 0.5) is 0 Å². The highest BCUT2D eigenvalue weighted by Gasteiger charge is 2.22. The van der Waals surface area contributed by atoms with E-state index in [9.17, 15) is 8.42 Å². The molecule has 0 aliphatic heterocycles. The summed E-state index contributed by atoms with van der Waals surface area (Å²) < 4.78 is 30.9. The van der Waals surface area contributed by atoms with Crippen molar-refractivity contribution in [2.24, 2.45) is 11.5 Å². The molecule has 15 heavy (non-hydrogen) atoms. The molecule has 0 fully saturated rings. The lowest BCUT2D eigenvalue weighted by Crippen LogP contribution is -2.21. The maximum atomic E-state index is 11.0. The van der Waals surface area contributed by atoms with E-state index >= 15 is 0 Å². The molecule has 1 unspecified atom stereocenters. The predicted octanol–water partition coefficient (Wildman–Crippen LogP) is 0.0329. The summed E-state index contributed by atoms with van der Waals surface area (Å²) in [6, 6.07) is 6.63. The van der Waals surface area contributed by atoms with Gasteiger partial charge in [0.25, 0.3) is 10.1 Å². The molecule has 0 amide bonds. The summed E-state index contributed by atoms with van der Waals surface area (Å²) in [5.74, 6) is 0. The van der Waals surface area contributed by atoms with Crippen LogP contribution in [0.25, 0.3) is 0 Å². The Morgan fingerprint density at radius 1 is 1.20 bits per heavy atom. The Labute approximate surface area is 88.8 Å². The Hall–Kier alpha value is -0.950. The Kier molecular flexibility index (Phi) is 3.81. The number of hydrogen-bond acceptors (Lipinski definition) is 4. The van der Waals surface area contributed by atoms with Gasteiger partial charge in [-0.1, -0.05) is 24.3 Å². The normalized spacial score (nSPS) is 13.8.